The summed E-state index contributed by atoms with van der Waals surface area (Å²) in [5.41, 5.74) is -4.24. The molecule has 0 atom stereocenters. The van der Waals surface area contributed by atoms with Gasteiger partial charge in [-0.3, -0.25) is 0 Å². The van der Waals surface area contributed by atoms with Crippen molar-refractivity contribution in [3.05, 3.63) is 35.4 Å². The number of hydrogen-bond donors (Lipinski definition) is 0. The van der Waals surface area contributed by atoms with Crippen molar-refractivity contribution in [2.45, 2.75) is 24.2 Å². The van der Waals surface area contributed by atoms with E-state index in [4.69, 9.17) is 0 Å². The molecule has 0 aliphatic rings. The van der Waals surface area contributed by atoms with Crippen LogP contribution in [0.5, 0.6) is 0 Å². The van der Waals surface area contributed by atoms with Crippen LogP contribution in [0.2, 0.25) is 0 Å². The van der Waals surface area contributed by atoms with E-state index in [9.17, 15) is 43.9 Å². The van der Waals surface area contributed by atoms with Crippen LogP contribution in [-0.2, 0) is 11.8 Å². The Balaban J connectivity index is 3.36. The van der Waals surface area contributed by atoms with Crippen LogP contribution in [0.1, 0.15) is 11.1 Å². The third-order valence-electron chi connectivity index (χ3n) is 2.18. The first kappa shape index (κ1) is 16.6. The summed E-state index contributed by atoms with van der Waals surface area (Å²) in [6, 6.07) is 1.15. The van der Waals surface area contributed by atoms with E-state index in [1.165, 1.54) is 0 Å². The fourth-order valence-electron chi connectivity index (χ4n) is 1.14. The van der Waals surface area contributed by atoms with Crippen LogP contribution in [-0.4, -0.2) is 12.4 Å². The van der Waals surface area contributed by atoms with Gasteiger partial charge >= 0.3 is 24.2 Å². The van der Waals surface area contributed by atoms with Gasteiger partial charge in [0.25, 0.3) is 0 Å². The van der Waals surface area contributed by atoms with Gasteiger partial charge in [0.2, 0.25) is 0 Å². The molecule has 0 N–H and O–H groups in total. The van der Waals surface area contributed by atoms with Crippen LogP contribution in [0.25, 0.3) is 0 Å². The minimum absolute atomic E-state index is 0.0590. The highest BCUT2D eigenvalue weighted by Gasteiger charge is 2.61. The summed E-state index contributed by atoms with van der Waals surface area (Å²) in [6.07, 6.45) is -12.3. The summed E-state index contributed by atoms with van der Waals surface area (Å²) in [6.45, 7) is 0. The van der Waals surface area contributed by atoms with E-state index in [1.54, 1.807) is 0 Å². The zero-order chi connectivity index (χ0) is 16.0. The minimum Gasteiger partial charge on any atom is -0.191 e. The summed E-state index contributed by atoms with van der Waals surface area (Å²) in [7, 11) is 0. The molecule has 1 aromatic carbocycles. The van der Waals surface area contributed by atoms with Crippen LogP contribution in [0.4, 0.5) is 43.9 Å². The number of rotatable bonds is 2. The fraction of sp³-hybridized carbons (Fsp3) is 0.400. The van der Waals surface area contributed by atoms with Gasteiger partial charge in [-0.1, -0.05) is 18.2 Å². The minimum atomic E-state index is -6.14. The van der Waals surface area contributed by atoms with Crippen molar-refractivity contribution >= 4 is 0 Å². The number of halogens is 10. The van der Waals surface area contributed by atoms with E-state index in [0.29, 0.717) is 0 Å². The monoisotopic (exact) mass is 313 g/mol. The summed E-state index contributed by atoms with van der Waals surface area (Å²) < 4.78 is 123. The molecule has 20 heavy (non-hydrogen) atoms. The Morgan fingerprint density at radius 1 is 0.600 bits per heavy atom. The van der Waals surface area contributed by atoms with E-state index >= 15 is 0 Å². The second-order valence-corrected chi connectivity index (χ2v) is 3.62. The zero-order valence-corrected chi connectivity index (χ0v) is 9.01. The normalized spacial score (nSPS) is 14.5. The fourth-order valence-corrected chi connectivity index (χ4v) is 1.14. The molecule has 1 aromatic rings. The van der Waals surface area contributed by atoms with Crippen molar-refractivity contribution < 1.29 is 43.9 Å². The lowest BCUT2D eigenvalue weighted by Crippen LogP contribution is -2.36. The Kier molecular flexibility index (Phi) is 3.75. The van der Waals surface area contributed by atoms with Crippen LogP contribution in [0, 0.1) is 6.07 Å². The first-order valence-electron chi connectivity index (χ1n) is 4.63. The molecule has 0 saturated heterocycles. The standard InChI is InChI=1S/C10H3F10/c11-7(12,9(15,16)17)5-2-1-3-6(4-5)8(13,14)10(18,19)20/h1-3H. The van der Waals surface area contributed by atoms with Gasteiger partial charge in [0.05, 0.1) is 0 Å². The molecule has 0 nitrogen and oxygen atoms in total. The molecule has 1 rings (SSSR count). The van der Waals surface area contributed by atoms with Crippen molar-refractivity contribution in [1.82, 2.24) is 0 Å². The van der Waals surface area contributed by atoms with Gasteiger partial charge in [-0.2, -0.15) is 43.9 Å². The van der Waals surface area contributed by atoms with E-state index in [0.717, 1.165) is 6.07 Å². The van der Waals surface area contributed by atoms with Gasteiger partial charge in [0.15, 0.2) is 0 Å². The highest BCUT2D eigenvalue weighted by Crippen LogP contribution is 2.47. The maximum atomic E-state index is 12.8. The molecule has 0 aromatic heterocycles. The van der Waals surface area contributed by atoms with Crippen molar-refractivity contribution in [2.24, 2.45) is 0 Å². The molecule has 0 spiro atoms. The van der Waals surface area contributed by atoms with Crippen molar-refractivity contribution in [1.29, 1.82) is 0 Å². The van der Waals surface area contributed by atoms with E-state index in [-0.39, 0.29) is 18.2 Å². The van der Waals surface area contributed by atoms with Gasteiger partial charge in [-0.05, 0) is 0 Å². The molecule has 0 bridgehead atoms. The molecular weight excluding hydrogens is 310 g/mol. The van der Waals surface area contributed by atoms with Gasteiger partial charge in [0.1, 0.15) is 0 Å². The Bertz CT molecular complexity index is 440. The van der Waals surface area contributed by atoms with Crippen molar-refractivity contribution in [3.8, 4) is 0 Å². The highest BCUT2D eigenvalue weighted by atomic mass is 19.4. The molecule has 0 amide bonds. The second kappa shape index (κ2) is 4.52. The molecule has 0 saturated carbocycles. The molecule has 113 valence electrons. The highest BCUT2D eigenvalue weighted by molar-refractivity contribution is 5.30. The van der Waals surface area contributed by atoms with Crippen molar-refractivity contribution in [3.63, 3.8) is 0 Å². The second-order valence-electron chi connectivity index (χ2n) is 3.62. The van der Waals surface area contributed by atoms with Crippen molar-refractivity contribution in [2.75, 3.05) is 0 Å². The zero-order valence-electron chi connectivity index (χ0n) is 9.01. The summed E-state index contributed by atoms with van der Waals surface area (Å²) in [4.78, 5) is 0. The number of alkyl halides is 10. The molecule has 0 aliphatic carbocycles. The Hall–Kier alpha value is -1.48. The maximum Gasteiger partial charge on any atom is 0.458 e. The van der Waals surface area contributed by atoms with Crippen LogP contribution >= 0.6 is 0 Å². The molecule has 10 heteroatoms. The van der Waals surface area contributed by atoms with Gasteiger partial charge in [-0.15, -0.1) is 0 Å². The lowest BCUT2D eigenvalue weighted by Gasteiger charge is -2.23. The predicted molar refractivity (Wildman–Crippen MR) is 45.2 cm³/mol. The summed E-state index contributed by atoms with van der Waals surface area (Å²) in [5.74, 6) is -11.2. The summed E-state index contributed by atoms with van der Waals surface area (Å²) in [5, 5.41) is 0. The lowest BCUT2D eigenvalue weighted by molar-refractivity contribution is -0.292. The molecule has 1 radical (unpaired) electrons. The number of benzene rings is 1. The predicted octanol–water partition coefficient (Wildman–Crippen LogP) is 4.79. The average Bonchev–Trinajstić information content (AvgIpc) is 2.26. The van der Waals surface area contributed by atoms with Crippen LogP contribution in [0.3, 0.4) is 0 Å². The van der Waals surface area contributed by atoms with Gasteiger partial charge in [0, 0.05) is 17.2 Å². The Labute approximate surface area is 105 Å². The van der Waals surface area contributed by atoms with E-state index in [1.807, 2.05) is 0 Å². The Morgan fingerprint density at radius 2 is 0.900 bits per heavy atom. The largest absolute Gasteiger partial charge is 0.458 e. The molecular formula is C10H3F10. The topological polar surface area (TPSA) is 0 Å². The van der Waals surface area contributed by atoms with Crippen LogP contribution < -0.4 is 0 Å². The third kappa shape index (κ3) is 2.68. The van der Waals surface area contributed by atoms with Gasteiger partial charge < -0.3 is 0 Å². The molecule has 0 fully saturated rings. The average molecular weight is 313 g/mol. The molecule has 0 unspecified atom stereocenters. The first-order valence-corrected chi connectivity index (χ1v) is 4.63. The summed E-state index contributed by atoms with van der Waals surface area (Å²) >= 11 is 0. The van der Waals surface area contributed by atoms with Gasteiger partial charge in [-0.25, -0.2) is 0 Å². The Morgan fingerprint density at radius 3 is 1.15 bits per heavy atom. The molecule has 0 heterocycles. The maximum absolute atomic E-state index is 12.8. The molecule has 0 aliphatic heterocycles. The number of hydrogen-bond acceptors (Lipinski definition) is 0. The SMILES string of the molecule is FC(F)(F)C(F)(F)c1[c]c(C(F)(F)C(F)(F)F)ccc1. The van der Waals surface area contributed by atoms with E-state index in [2.05, 4.69) is 0 Å². The lowest BCUT2D eigenvalue weighted by atomic mass is 10.0. The third-order valence-corrected chi connectivity index (χ3v) is 2.18. The quantitative estimate of drug-likeness (QED) is 0.688. The van der Waals surface area contributed by atoms with E-state index < -0.39 is 35.3 Å². The first-order chi connectivity index (χ1) is 8.71. The smallest absolute Gasteiger partial charge is 0.191 e. The van der Waals surface area contributed by atoms with Crippen LogP contribution in [0.15, 0.2) is 18.2 Å².